The molecule has 2 rings (SSSR count). The Morgan fingerprint density at radius 2 is 1.75 bits per heavy atom. The molecule has 0 saturated carbocycles. The van der Waals surface area contributed by atoms with Crippen LogP contribution in [0.5, 0.6) is 5.75 Å². The van der Waals surface area contributed by atoms with Gasteiger partial charge in [0, 0.05) is 18.0 Å². The van der Waals surface area contributed by atoms with Crippen molar-refractivity contribution in [2.24, 2.45) is 5.73 Å². The maximum Gasteiger partial charge on any atom is 0.123 e. The number of aromatic hydroxyl groups is 1. The molecule has 0 aromatic heterocycles. The maximum absolute atomic E-state index is 9.72. The number of aliphatic hydroxyl groups excluding tert-OH is 1. The molecule has 3 heteroatoms. The summed E-state index contributed by atoms with van der Waals surface area (Å²) in [5.74, 6) is 0.260. The molecular weight excluding hydrogens is 202 g/mol. The standard InChI is InChI=1S/C13H15NO2/c14-12(7-8-15)10-5-6-13(16)11-4-2-1-3-9(10)11/h1-6,12,15-16H,7-8,14H2/t12-/m0/s1. The van der Waals surface area contributed by atoms with Crippen molar-refractivity contribution in [3.63, 3.8) is 0 Å². The highest BCUT2D eigenvalue weighted by molar-refractivity contribution is 5.91. The van der Waals surface area contributed by atoms with Crippen molar-refractivity contribution in [1.29, 1.82) is 0 Å². The first kappa shape index (κ1) is 10.9. The van der Waals surface area contributed by atoms with E-state index in [4.69, 9.17) is 10.8 Å². The summed E-state index contributed by atoms with van der Waals surface area (Å²) >= 11 is 0. The summed E-state index contributed by atoms with van der Waals surface area (Å²) in [6, 6.07) is 10.9. The van der Waals surface area contributed by atoms with Gasteiger partial charge in [-0.2, -0.15) is 0 Å². The van der Waals surface area contributed by atoms with Crippen molar-refractivity contribution in [3.05, 3.63) is 42.0 Å². The predicted molar refractivity (Wildman–Crippen MR) is 64.2 cm³/mol. The second-order valence-electron chi connectivity index (χ2n) is 3.84. The van der Waals surface area contributed by atoms with E-state index >= 15 is 0 Å². The Labute approximate surface area is 94.1 Å². The highest BCUT2D eigenvalue weighted by Gasteiger charge is 2.10. The number of hydrogen-bond donors (Lipinski definition) is 3. The van der Waals surface area contributed by atoms with Crippen LogP contribution in [0.25, 0.3) is 10.8 Å². The lowest BCUT2D eigenvalue weighted by atomic mass is 9.97. The minimum absolute atomic E-state index is 0.0658. The molecule has 0 saturated heterocycles. The van der Waals surface area contributed by atoms with Crippen molar-refractivity contribution in [2.75, 3.05) is 6.61 Å². The summed E-state index contributed by atoms with van der Waals surface area (Å²) in [4.78, 5) is 0. The largest absolute Gasteiger partial charge is 0.507 e. The molecule has 0 spiro atoms. The highest BCUT2D eigenvalue weighted by Crippen LogP contribution is 2.30. The van der Waals surface area contributed by atoms with Crippen molar-refractivity contribution >= 4 is 10.8 Å². The molecule has 0 heterocycles. The molecule has 84 valence electrons. The molecule has 0 aliphatic rings. The maximum atomic E-state index is 9.72. The topological polar surface area (TPSA) is 66.5 Å². The number of nitrogens with two attached hydrogens (primary N) is 1. The molecule has 0 aliphatic heterocycles. The highest BCUT2D eigenvalue weighted by atomic mass is 16.3. The molecule has 0 radical (unpaired) electrons. The van der Waals surface area contributed by atoms with Crippen LogP contribution in [0, 0.1) is 0 Å². The number of fused-ring (bicyclic) bond motifs is 1. The van der Waals surface area contributed by atoms with E-state index in [9.17, 15) is 5.11 Å². The van der Waals surface area contributed by atoms with Crippen LogP contribution in [-0.2, 0) is 0 Å². The van der Waals surface area contributed by atoms with Crippen LogP contribution in [0.3, 0.4) is 0 Å². The predicted octanol–water partition coefficient (Wildman–Crippen LogP) is 1.93. The molecule has 4 N–H and O–H groups in total. The van der Waals surface area contributed by atoms with E-state index < -0.39 is 0 Å². The van der Waals surface area contributed by atoms with Gasteiger partial charge in [-0.25, -0.2) is 0 Å². The van der Waals surface area contributed by atoms with Gasteiger partial charge in [0.05, 0.1) is 0 Å². The summed E-state index contributed by atoms with van der Waals surface area (Å²) in [5.41, 5.74) is 6.94. The SMILES string of the molecule is N[C@@H](CCO)c1ccc(O)c2ccccc12. The van der Waals surface area contributed by atoms with Crippen LogP contribution in [-0.4, -0.2) is 16.8 Å². The van der Waals surface area contributed by atoms with Gasteiger partial charge in [0.15, 0.2) is 0 Å². The van der Waals surface area contributed by atoms with E-state index in [0.29, 0.717) is 6.42 Å². The Balaban J connectivity index is 2.58. The Hall–Kier alpha value is -1.58. The van der Waals surface area contributed by atoms with Gasteiger partial charge in [0.25, 0.3) is 0 Å². The van der Waals surface area contributed by atoms with Gasteiger partial charge in [-0.3, -0.25) is 0 Å². The number of hydrogen-bond acceptors (Lipinski definition) is 3. The third-order valence-corrected chi connectivity index (χ3v) is 2.77. The molecule has 1 atom stereocenters. The molecule has 0 amide bonds. The number of phenolic OH excluding ortho intramolecular Hbond substituents is 1. The van der Waals surface area contributed by atoms with Crippen LogP contribution < -0.4 is 5.73 Å². The molecule has 16 heavy (non-hydrogen) atoms. The lowest BCUT2D eigenvalue weighted by Gasteiger charge is -2.14. The van der Waals surface area contributed by atoms with Crippen LogP contribution in [0.4, 0.5) is 0 Å². The normalized spacial score (nSPS) is 12.9. The lowest BCUT2D eigenvalue weighted by molar-refractivity contribution is 0.277. The fourth-order valence-corrected chi connectivity index (χ4v) is 1.92. The Morgan fingerprint density at radius 3 is 2.44 bits per heavy atom. The molecule has 0 unspecified atom stereocenters. The zero-order chi connectivity index (χ0) is 11.5. The second kappa shape index (κ2) is 4.51. The van der Waals surface area contributed by atoms with Gasteiger partial charge in [0.2, 0.25) is 0 Å². The smallest absolute Gasteiger partial charge is 0.123 e. The molecular formula is C13H15NO2. The van der Waals surface area contributed by atoms with Crippen LogP contribution >= 0.6 is 0 Å². The molecule has 3 nitrogen and oxygen atoms in total. The van der Waals surface area contributed by atoms with E-state index in [-0.39, 0.29) is 18.4 Å². The first-order valence-corrected chi connectivity index (χ1v) is 5.31. The summed E-state index contributed by atoms with van der Waals surface area (Å²) in [6.07, 6.45) is 0.523. The Bertz CT molecular complexity index is 496. The van der Waals surface area contributed by atoms with Gasteiger partial charge >= 0.3 is 0 Å². The minimum atomic E-state index is -0.199. The lowest BCUT2D eigenvalue weighted by Crippen LogP contribution is -2.12. The monoisotopic (exact) mass is 217 g/mol. The van der Waals surface area contributed by atoms with E-state index in [1.807, 2.05) is 30.3 Å². The van der Waals surface area contributed by atoms with Gasteiger partial charge in [0.1, 0.15) is 5.75 Å². The van der Waals surface area contributed by atoms with Crippen molar-refractivity contribution < 1.29 is 10.2 Å². The van der Waals surface area contributed by atoms with Crippen molar-refractivity contribution in [1.82, 2.24) is 0 Å². The summed E-state index contributed by atoms with van der Waals surface area (Å²) < 4.78 is 0. The fraction of sp³-hybridized carbons (Fsp3) is 0.231. The zero-order valence-corrected chi connectivity index (χ0v) is 8.93. The second-order valence-corrected chi connectivity index (χ2v) is 3.84. The number of aliphatic hydroxyl groups is 1. The minimum Gasteiger partial charge on any atom is -0.507 e. The summed E-state index contributed by atoms with van der Waals surface area (Å²) in [5, 5.41) is 20.4. The zero-order valence-electron chi connectivity index (χ0n) is 8.93. The van der Waals surface area contributed by atoms with Crippen LogP contribution in [0.2, 0.25) is 0 Å². The van der Waals surface area contributed by atoms with Crippen molar-refractivity contribution in [3.8, 4) is 5.75 Å². The van der Waals surface area contributed by atoms with Gasteiger partial charge in [-0.05, 0) is 23.4 Å². The van der Waals surface area contributed by atoms with E-state index in [0.717, 1.165) is 16.3 Å². The fourth-order valence-electron chi connectivity index (χ4n) is 1.92. The third kappa shape index (κ3) is 1.87. The number of benzene rings is 2. The molecule has 2 aromatic carbocycles. The Morgan fingerprint density at radius 1 is 1.06 bits per heavy atom. The first-order valence-electron chi connectivity index (χ1n) is 5.31. The summed E-state index contributed by atoms with van der Waals surface area (Å²) in [6.45, 7) is 0.0658. The van der Waals surface area contributed by atoms with Crippen LogP contribution in [0.15, 0.2) is 36.4 Å². The van der Waals surface area contributed by atoms with Crippen LogP contribution in [0.1, 0.15) is 18.0 Å². The van der Waals surface area contributed by atoms with E-state index in [2.05, 4.69) is 0 Å². The van der Waals surface area contributed by atoms with Gasteiger partial charge in [-0.1, -0.05) is 30.3 Å². The quantitative estimate of drug-likeness (QED) is 0.736. The summed E-state index contributed by atoms with van der Waals surface area (Å²) in [7, 11) is 0. The molecule has 0 bridgehead atoms. The average Bonchev–Trinajstić information content (AvgIpc) is 2.30. The number of rotatable bonds is 3. The van der Waals surface area contributed by atoms with Gasteiger partial charge < -0.3 is 15.9 Å². The first-order chi connectivity index (χ1) is 7.74. The van der Waals surface area contributed by atoms with Gasteiger partial charge in [-0.15, -0.1) is 0 Å². The molecule has 0 fully saturated rings. The van der Waals surface area contributed by atoms with Crippen molar-refractivity contribution in [2.45, 2.75) is 12.5 Å². The Kier molecular flexibility index (Phi) is 3.08. The molecule has 0 aliphatic carbocycles. The number of phenols is 1. The van der Waals surface area contributed by atoms with E-state index in [1.54, 1.807) is 6.07 Å². The average molecular weight is 217 g/mol. The van der Waals surface area contributed by atoms with E-state index in [1.165, 1.54) is 0 Å². The molecule has 2 aromatic rings. The third-order valence-electron chi connectivity index (χ3n) is 2.77.